The van der Waals surface area contributed by atoms with Gasteiger partial charge in [0.1, 0.15) is 0 Å². The summed E-state index contributed by atoms with van der Waals surface area (Å²) in [7, 11) is -3.39. The van der Waals surface area contributed by atoms with E-state index in [1.54, 1.807) is 23.1 Å². The first-order chi connectivity index (χ1) is 14.1. The van der Waals surface area contributed by atoms with Crippen LogP contribution in [0.2, 0.25) is 0 Å². The maximum atomic E-state index is 12.9. The summed E-state index contributed by atoms with van der Waals surface area (Å²) in [5, 5.41) is 0. The molecule has 1 aliphatic heterocycles. The standard InChI is InChI=1S/C20H22F3N3O3S/c1-2-30(28,29)24-17-8-6-15(7-9-17)19(27)26-12-10-25(11-13-26)18-5-3-4-16(14-18)20(21,22)23/h3-9,14,24H,2,10-13H2,1H3. The number of alkyl halides is 3. The van der Waals surface area contributed by atoms with E-state index >= 15 is 0 Å². The minimum Gasteiger partial charge on any atom is -0.368 e. The Balaban J connectivity index is 1.62. The smallest absolute Gasteiger partial charge is 0.368 e. The molecule has 1 amide bonds. The molecule has 0 saturated carbocycles. The number of nitrogens with one attached hydrogen (secondary N) is 1. The van der Waals surface area contributed by atoms with Gasteiger partial charge in [-0.15, -0.1) is 0 Å². The van der Waals surface area contributed by atoms with Crippen LogP contribution in [0.15, 0.2) is 48.5 Å². The van der Waals surface area contributed by atoms with Crippen LogP contribution in [0.3, 0.4) is 0 Å². The maximum absolute atomic E-state index is 12.9. The highest BCUT2D eigenvalue weighted by molar-refractivity contribution is 7.92. The van der Waals surface area contributed by atoms with E-state index in [1.165, 1.54) is 25.1 Å². The highest BCUT2D eigenvalue weighted by Gasteiger charge is 2.31. The Labute approximate surface area is 173 Å². The van der Waals surface area contributed by atoms with Gasteiger partial charge in [-0.3, -0.25) is 9.52 Å². The number of hydrogen-bond acceptors (Lipinski definition) is 4. The first kappa shape index (κ1) is 21.9. The van der Waals surface area contributed by atoms with Gasteiger partial charge in [-0.05, 0) is 49.4 Å². The normalized spacial score (nSPS) is 15.2. The molecule has 3 rings (SSSR count). The molecule has 0 unspecified atom stereocenters. The van der Waals surface area contributed by atoms with Crippen LogP contribution in [0, 0.1) is 0 Å². The minimum atomic E-state index is -4.40. The van der Waals surface area contributed by atoms with Gasteiger partial charge in [0.05, 0.1) is 11.3 Å². The second kappa shape index (κ2) is 8.55. The lowest BCUT2D eigenvalue weighted by atomic mass is 10.1. The van der Waals surface area contributed by atoms with E-state index in [0.29, 0.717) is 43.1 Å². The zero-order chi connectivity index (χ0) is 21.9. The number of anilines is 2. The Morgan fingerprint density at radius 2 is 1.67 bits per heavy atom. The van der Waals surface area contributed by atoms with E-state index in [9.17, 15) is 26.4 Å². The van der Waals surface area contributed by atoms with Crippen LogP contribution in [0.25, 0.3) is 0 Å². The molecule has 1 N–H and O–H groups in total. The molecule has 162 valence electrons. The molecule has 6 nitrogen and oxygen atoms in total. The van der Waals surface area contributed by atoms with E-state index in [4.69, 9.17) is 0 Å². The van der Waals surface area contributed by atoms with E-state index < -0.39 is 21.8 Å². The van der Waals surface area contributed by atoms with Gasteiger partial charge < -0.3 is 9.80 Å². The van der Waals surface area contributed by atoms with Gasteiger partial charge in [0.25, 0.3) is 5.91 Å². The Kier molecular flexibility index (Phi) is 6.25. The molecule has 0 radical (unpaired) electrons. The average Bonchev–Trinajstić information content (AvgIpc) is 2.73. The van der Waals surface area contributed by atoms with E-state index in [1.807, 2.05) is 4.90 Å². The summed E-state index contributed by atoms with van der Waals surface area (Å²) < 4.78 is 64.4. The number of rotatable bonds is 5. The van der Waals surface area contributed by atoms with Crippen molar-refractivity contribution in [2.24, 2.45) is 0 Å². The van der Waals surface area contributed by atoms with Crippen molar-refractivity contribution in [2.75, 3.05) is 41.6 Å². The van der Waals surface area contributed by atoms with Crippen LogP contribution in [-0.2, 0) is 16.2 Å². The summed E-state index contributed by atoms with van der Waals surface area (Å²) in [6, 6.07) is 11.3. The minimum absolute atomic E-state index is 0.0517. The fraction of sp³-hybridized carbons (Fsp3) is 0.350. The number of hydrogen-bond donors (Lipinski definition) is 1. The van der Waals surface area contributed by atoms with Crippen molar-refractivity contribution in [3.63, 3.8) is 0 Å². The zero-order valence-corrected chi connectivity index (χ0v) is 17.1. The van der Waals surface area contributed by atoms with E-state index in [0.717, 1.165) is 12.1 Å². The molecule has 1 heterocycles. The number of sulfonamides is 1. The van der Waals surface area contributed by atoms with Gasteiger partial charge in [-0.2, -0.15) is 13.2 Å². The third kappa shape index (κ3) is 5.24. The van der Waals surface area contributed by atoms with Crippen LogP contribution in [0.1, 0.15) is 22.8 Å². The largest absolute Gasteiger partial charge is 0.416 e. The van der Waals surface area contributed by atoms with Crippen molar-refractivity contribution in [2.45, 2.75) is 13.1 Å². The van der Waals surface area contributed by atoms with Crippen molar-refractivity contribution in [3.05, 3.63) is 59.7 Å². The number of halogens is 3. The summed E-state index contributed by atoms with van der Waals surface area (Å²) in [5.74, 6) is -0.257. The first-order valence-electron chi connectivity index (χ1n) is 9.41. The zero-order valence-electron chi connectivity index (χ0n) is 16.3. The summed E-state index contributed by atoms with van der Waals surface area (Å²) in [6.45, 7) is 3.11. The molecule has 0 bridgehead atoms. The lowest BCUT2D eigenvalue weighted by Gasteiger charge is -2.36. The monoisotopic (exact) mass is 441 g/mol. The van der Waals surface area contributed by atoms with Crippen molar-refractivity contribution < 1.29 is 26.4 Å². The van der Waals surface area contributed by atoms with E-state index in [-0.39, 0.29) is 11.7 Å². The number of carbonyl (C=O) groups excluding carboxylic acids is 1. The molecule has 0 aliphatic carbocycles. The fourth-order valence-electron chi connectivity index (χ4n) is 3.16. The third-order valence-electron chi connectivity index (χ3n) is 4.89. The van der Waals surface area contributed by atoms with Crippen molar-refractivity contribution in [1.82, 2.24) is 4.90 Å². The molecule has 0 aromatic heterocycles. The van der Waals surface area contributed by atoms with Crippen LogP contribution in [-0.4, -0.2) is 51.2 Å². The molecule has 1 fully saturated rings. The molecule has 0 atom stereocenters. The molecule has 0 spiro atoms. The molecule has 1 saturated heterocycles. The Bertz CT molecular complexity index is 1000. The second-order valence-electron chi connectivity index (χ2n) is 6.91. The van der Waals surface area contributed by atoms with Crippen molar-refractivity contribution in [3.8, 4) is 0 Å². The highest BCUT2D eigenvalue weighted by atomic mass is 32.2. The Morgan fingerprint density at radius 1 is 1.03 bits per heavy atom. The molecule has 1 aliphatic rings. The Morgan fingerprint density at radius 3 is 2.23 bits per heavy atom. The van der Waals surface area contributed by atoms with Crippen LogP contribution < -0.4 is 9.62 Å². The van der Waals surface area contributed by atoms with Crippen LogP contribution in [0.4, 0.5) is 24.5 Å². The predicted octanol–water partition coefficient (Wildman–Crippen LogP) is 3.43. The van der Waals surface area contributed by atoms with Gasteiger partial charge in [0.2, 0.25) is 10.0 Å². The quantitative estimate of drug-likeness (QED) is 0.772. The van der Waals surface area contributed by atoms with Gasteiger partial charge in [-0.1, -0.05) is 6.07 Å². The average molecular weight is 441 g/mol. The van der Waals surface area contributed by atoms with Crippen molar-refractivity contribution in [1.29, 1.82) is 0 Å². The molecule has 30 heavy (non-hydrogen) atoms. The predicted molar refractivity (Wildman–Crippen MR) is 109 cm³/mol. The summed E-state index contributed by atoms with van der Waals surface area (Å²) in [6.07, 6.45) is -4.40. The summed E-state index contributed by atoms with van der Waals surface area (Å²) in [4.78, 5) is 16.2. The number of carbonyl (C=O) groups is 1. The second-order valence-corrected chi connectivity index (χ2v) is 8.92. The number of amides is 1. The van der Waals surface area contributed by atoms with Gasteiger partial charge in [-0.25, -0.2) is 8.42 Å². The molecule has 10 heteroatoms. The lowest BCUT2D eigenvalue weighted by molar-refractivity contribution is -0.137. The summed E-state index contributed by atoms with van der Waals surface area (Å²) >= 11 is 0. The molecular weight excluding hydrogens is 419 g/mol. The highest BCUT2D eigenvalue weighted by Crippen LogP contribution is 2.32. The van der Waals surface area contributed by atoms with Gasteiger partial charge in [0.15, 0.2) is 0 Å². The number of piperazine rings is 1. The number of benzene rings is 2. The fourth-order valence-corrected chi connectivity index (χ4v) is 3.80. The first-order valence-corrected chi connectivity index (χ1v) is 11.1. The molecule has 2 aromatic carbocycles. The topological polar surface area (TPSA) is 69.7 Å². The van der Waals surface area contributed by atoms with E-state index in [2.05, 4.69) is 4.72 Å². The van der Waals surface area contributed by atoms with Gasteiger partial charge in [0, 0.05) is 43.1 Å². The Hall–Kier alpha value is -2.75. The summed E-state index contributed by atoms with van der Waals surface area (Å²) in [5.41, 5.74) is 0.575. The molecular formula is C20H22F3N3O3S. The van der Waals surface area contributed by atoms with Crippen LogP contribution in [0.5, 0.6) is 0 Å². The third-order valence-corrected chi connectivity index (χ3v) is 6.20. The lowest BCUT2D eigenvalue weighted by Crippen LogP contribution is -2.48. The SMILES string of the molecule is CCS(=O)(=O)Nc1ccc(C(=O)N2CCN(c3cccc(C(F)(F)F)c3)CC2)cc1. The number of nitrogens with zero attached hydrogens (tertiary/aromatic N) is 2. The van der Waals surface area contributed by atoms with Crippen LogP contribution >= 0.6 is 0 Å². The molecule has 2 aromatic rings. The maximum Gasteiger partial charge on any atom is 0.416 e. The van der Waals surface area contributed by atoms with Gasteiger partial charge >= 0.3 is 6.18 Å². The van der Waals surface area contributed by atoms with Crippen molar-refractivity contribution >= 4 is 27.3 Å².